The van der Waals surface area contributed by atoms with E-state index in [4.69, 9.17) is 5.11 Å². The van der Waals surface area contributed by atoms with Crippen LogP contribution in [0.15, 0.2) is 24.3 Å². The van der Waals surface area contributed by atoms with E-state index in [2.05, 4.69) is 5.32 Å². The molecule has 1 aromatic rings. The smallest absolute Gasteiger partial charge is 0.305 e. The van der Waals surface area contributed by atoms with Gasteiger partial charge in [0.15, 0.2) is 0 Å². The molecule has 1 aliphatic rings. The zero-order valence-corrected chi connectivity index (χ0v) is 14.0. The van der Waals surface area contributed by atoms with E-state index in [0.29, 0.717) is 11.3 Å². The van der Waals surface area contributed by atoms with Gasteiger partial charge in [-0.1, -0.05) is 18.2 Å². The first-order valence-corrected chi connectivity index (χ1v) is 8.55. The van der Waals surface area contributed by atoms with Gasteiger partial charge in [0.05, 0.1) is 11.7 Å². The number of nitrogens with zero attached hydrogens (tertiary/aromatic N) is 1. The van der Waals surface area contributed by atoms with E-state index in [-0.39, 0.29) is 37.0 Å². The second kappa shape index (κ2) is 8.14. The van der Waals surface area contributed by atoms with Gasteiger partial charge < -0.3 is 15.3 Å². The topological polar surface area (TPSA) is 86.7 Å². The van der Waals surface area contributed by atoms with Gasteiger partial charge in [-0.3, -0.25) is 14.4 Å². The number of hydrogen-bond acceptors (Lipinski definition) is 4. The number of rotatable bonds is 6. The molecule has 1 heterocycles. The largest absolute Gasteiger partial charge is 0.481 e. The summed E-state index contributed by atoms with van der Waals surface area (Å²) in [5, 5.41) is 10.9. The molecule has 1 saturated heterocycles. The first-order valence-electron chi connectivity index (χ1n) is 7.50. The highest BCUT2D eigenvalue weighted by Gasteiger charge is 2.34. The Hall–Kier alpha value is -2.09. The van der Waals surface area contributed by atoms with Crippen molar-refractivity contribution in [1.82, 2.24) is 10.2 Å². The lowest BCUT2D eigenvalue weighted by molar-refractivity contribution is -0.139. The van der Waals surface area contributed by atoms with Crippen LogP contribution >= 0.6 is 11.8 Å². The van der Waals surface area contributed by atoms with Crippen LogP contribution in [-0.4, -0.2) is 58.4 Å². The Bertz CT molecular complexity index is 640. The summed E-state index contributed by atoms with van der Waals surface area (Å²) in [6.45, 7) is 0.0872. The zero-order valence-electron chi connectivity index (χ0n) is 13.2. The lowest BCUT2D eigenvalue weighted by Crippen LogP contribution is -2.55. The molecule has 2 rings (SSSR count). The van der Waals surface area contributed by atoms with Crippen molar-refractivity contribution in [2.45, 2.75) is 24.1 Å². The molecular formula is C16H19FN2O4S. The van der Waals surface area contributed by atoms with E-state index in [0.717, 1.165) is 0 Å². The van der Waals surface area contributed by atoms with Crippen LogP contribution in [-0.2, 0) is 20.8 Å². The quantitative estimate of drug-likeness (QED) is 0.793. The maximum Gasteiger partial charge on any atom is 0.305 e. The second-order valence-corrected chi connectivity index (χ2v) is 6.82. The Balaban J connectivity index is 1.90. The minimum Gasteiger partial charge on any atom is -0.481 e. The monoisotopic (exact) mass is 354 g/mol. The number of carbonyl (C=O) groups excluding carboxylic acids is 2. The van der Waals surface area contributed by atoms with Crippen LogP contribution in [0.5, 0.6) is 0 Å². The number of benzene rings is 1. The molecule has 2 N–H and O–H groups in total. The highest BCUT2D eigenvalue weighted by molar-refractivity contribution is 8.00. The number of likely N-dealkylation sites (N-methyl/N-ethyl adjacent to an activating group) is 1. The normalized spacial score (nSPS) is 20.3. The SMILES string of the molecule is CN(CCC(=O)O)C(=O)C1CSC(Cc2ccccc2F)C(=O)N1. The number of nitrogens with one attached hydrogen (secondary N) is 1. The average molecular weight is 354 g/mol. The van der Waals surface area contributed by atoms with Crippen molar-refractivity contribution >= 4 is 29.5 Å². The van der Waals surface area contributed by atoms with Gasteiger partial charge in [0, 0.05) is 19.3 Å². The van der Waals surface area contributed by atoms with Crippen LogP contribution in [0.1, 0.15) is 12.0 Å². The molecule has 2 amide bonds. The van der Waals surface area contributed by atoms with Crippen molar-refractivity contribution in [2.75, 3.05) is 19.3 Å². The van der Waals surface area contributed by atoms with E-state index in [1.165, 1.54) is 29.8 Å². The molecule has 1 aliphatic heterocycles. The minimum absolute atomic E-state index is 0.0872. The van der Waals surface area contributed by atoms with Gasteiger partial charge in [-0.25, -0.2) is 4.39 Å². The van der Waals surface area contributed by atoms with E-state index in [9.17, 15) is 18.8 Å². The van der Waals surface area contributed by atoms with Crippen LogP contribution < -0.4 is 5.32 Å². The number of hydrogen-bond donors (Lipinski definition) is 2. The summed E-state index contributed by atoms with van der Waals surface area (Å²) >= 11 is 1.31. The number of carbonyl (C=O) groups is 3. The predicted octanol–water partition coefficient (Wildman–Crippen LogP) is 0.901. The Kier molecular flexibility index (Phi) is 6.19. The number of aliphatic carboxylic acids is 1. The Morgan fingerprint density at radius 1 is 1.42 bits per heavy atom. The van der Waals surface area contributed by atoms with Gasteiger partial charge >= 0.3 is 5.97 Å². The number of halogens is 1. The maximum absolute atomic E-state index is 13.7. The second-order valence-electron chi connectivity index (χ2n) is 5.58. The summed E-state index contributed by atoms with van der Waals surface area (Å²) in [7, 11) is 1.51. The Morgan fingerprint density at radius 3 is 2.75 bits per heavy atom. The summed E-state index contributed by atoms with van der Waals surface area (Å²) in [4.78, 5) is 36.3. The van der Waals surface area contributed by atoms with Gasteiger partial charge in [-0.05, 0) is 18.1 Å². The van der Waals surface area contributed by atoms with E-state index in [1.807, 2.05) is 0 Å². The van der Waals surface area contributed by atoms with Crippen molar-refractivity contribution in [2.24, 2.45) is 0 Å². The van der Waals surface area contributed by atoms with E-state index in [1.54, 1.807) is 18.2 Å². The van der Waals surface area contributed by atoms with Gasteiger partial charge in [-0.2, -0.15) is 0 Å². The summed E-state index contributed by atoms with van der Waals surface area (Å²) in [5.41, 5.74) is 0.466. The third-order valence-corrected chi connectivity index (χ3v) is 5.08. The summed E-state index contributed by atoms with van der Waals surface area (Å²) in [6, 6.07) is 5.62. The molecule has 2 unspecified atom stereocenters. The fraction of sp³-hybridized carbons (Fsp3) is 0.438. The zero-order chi connectivity index (χ0) is 17.7. The number of thioether (sulfide) groups is 1. The highest BCUT2D eigenvalue weighted by atomic mass is 32.2. The molecule has 0 aliphatic carbocycles. The van der Waals surface area contributed by atoms with Gasteiger partial charge in [-0.15, -0.1) is 11.8 Å². The van der Waals surface area contributed by atoms with E-state index >= 15 is 0 Å². The van der Waals surface area contributed by atoms with Gasteiger partial charge in [0.1, 0.15) is 11.9 Å². The van der Waals surface area contributed by atoms with Gasteiger partial charge in [0.25, 0.3) is 0 Å². The van der Waals surface area contributed by atoms with Crippen molar-refractivity contribution in [1.29, 1.82) is 0 Å². The highest BCUT2D eigenvalue weighted by Crippen LogP contribution is 2.23. The fourth-order valence-corrected chi connectivity index (χ4v) is 3.55. The summed E-state index contributed by atoms with van der Waals surface area (Å²) in [5.74, 6) is -1.58. The van der Waals surface area contributed by atoms with Crippen molar-refractivity contribution < 1.29 is 23.9 Å². The Morgan fingerprint density at radius 2 is 2.12 bits per heavy atom. The molecular weight excluding hydrogens is 335 g/mol. The first-order chi connectivity index (χ1) is 11.4. The molecule has 0 aromatic heterocycles. The molecule has 6 nitrogen and oxygen atoms in total. The van der Waals surface area contributed by atoms with Crippen LogP contribution in [0.25, 0.3) is 0 Å². The fourth-order valence-electron chi connectivity index (χ4n) is 2.38. The molecule has 0 bridgehead atoms. The number of carboxylic acid groups (broad SMARTS) is 1. The van der Waals surface area contributed by atoms with Gasteiger partial charge in [0.2, 0.25) is 11.8 Å². The lowest BCUT2D eigenvalue weighted by atomic mass is 10.1. The average Bonchev–Trinajstić information content (AvgIpc) is 2.55. The molecule has 1 fully saturated rings. The third-order valence-electron chi connectivity index (χ3n) is 3.77. The molecule has 24 heavy (non-hydrogen) atoms. The third kappa shape index (κ3) is 4.70. The molecule has 130 valence electrons. The van der Waals surface area contributed by atoms with Crippen LogP contribution in [0, 0.1) is 5.82 Å². The van der Waals surface area contributed by atoms with Crippen molar-refractivity contribution in [3.05, 3.63) is 35.6 Å². The molecule has 0 radical (unpaired) electrons. The number of carboxylic acids is 1. The van der Waals surface area contributed by atoms with Crippen LogP contribution in [0.4, 0.5) is 4.39 Å². The Labute approximate surface area is 143 Å². The predicted molar refractivity (Wildman–Crippen MR) is 88.2 cm³/mol. The standard InChI is InChI=1S/C16H19FN2O4S/c1-19(7-6-14(20)21)16(23)12-9-24-13(15(22)18-12)8-10-4-2-3-5-11(10)17/h2-5,12-13H,6-9H2,1H3,(H,18,22)(H,20,21). The molecule has 2 atom stereocenters. The minimum atomic E-state index is -0.985. The van der Waals surface area contributed by atoms with Crippen molar-refractivity contribution in [3.8, 4) is 0 Å². The number of amides is 2. The lowest BCUT2D eigenvalue weighted by Gasteiger charge is -2.30. The molecule has 1 aromatic carbocycles. The molecule has 0 saturated carbocycles. The maximum atomic E-state index is 13.7. The van der Waals surface area contributed by atoms with Crippen LogP contribution in [0.3, 0.4) is 0 Å². The van der Waals surface area contributed by atoms with Crippen molar-refractivity contribution in [3.63, 3.8) is 0 Å². The molecule has 0 spiro atoms. The summed E-state index contributed by atoms with van der Waals surface area (Å²) in [6.07, 6.45) is 0.116. The van der Waals surface area contributed by atoms with E-state index < -0.39 is 17.3 Å². The first kappa shape index (κ1) is 18.3. The summed E-state index contributed by atoms with van der Waals surface area (Å²) < 4.78 is 13.7. The molecule has 8 heteroatoms. The van der Waals surface area contributed by atoms with Crippen LogP contribution in [0.2, 0.25) is 0 Å².